The molecule has 0 unspecified atom stereocenters. The van der Waals surface area contributed by atoms with Gasteiger partial charge in [-0.1, -0.05) is 29.0 Å². The van der Waals surface area contributed by atoms with Crippen LogP contribution in [0.1, 0.15) is 27.9 Å². The first-order valence-electron chi connectivity index (χ1n) is 9.68. The van der Waals surface area contributed by atoms with E-state index in [1.807, 2.05) is 0 Å². The molecule has 0 radical (unpaired) electrons. The lowest BCUT2D eigenvalue weighted by Crippen LogP contribution is -2.48. The van der Waals surface area contributed by atoms with Gasteiger partial charge < -0.3 is 10.1 Å². The number of aromatic nitrogens is 1. The predicted molar refractivity (Wildman–Crippen MR) is 115 cm³/mol. The van der Waals surface area contributed by atoms with Crippen LogP contribution >= 0.6 is 22.9 Å². The lowest BCUT2D eigenvalue weighted by atomic mass is 10.2. The highest BCUT2D eigenvalue weighted by atomic mass is 35.5. The van der Waals surface area contributed by atoms with Gasteiger partial charge in [0.25, 0.3) is 0 Å². The monoisotopic (exact) mass is 454 g/mol. The summed E-state index contributed by atoms with van der Waals surface area (Å²) in [5.74, 6) is -0.941. The molecule has 0 atom stereocenters. The van der Waals surface area contributed by atoms with Gasteiger partial charge in [0.15, 0.2) is 5.13 Å². The predicted octanol–water partition coefficient (Wildman–Crippen LogP) is 3.18. The zero-order valence-electron chi connectivity index (χ0n) is 16.9. The van der Waals surface area contributed by atoms with Gasteiger partial charge in [-0.15, -0.1) is 0 Å². The Balaban J connectivity index is 1.46. The summed E-state index contributed by atoms with van der Waals surface area (Å²) in [5.41, 5.74) is 1.43. The van der Waals surface area contributed by atoms with E-state index in [0.29, 0.717) is 27.3 Å². The van der Waals surface area contributed by atoms with Crippen LogP contribution in [-0.4, -0.2) is 66.0 Å². The molecule has 2 heterocycles. The summed E-state index contributed by atoms with van der Waals surface area (Å²) in [6.45, 7) is 7.67. The third-order valence-electron chi connectivity index (χ3n) is 4.74. The van der Waals surface area contributed by atoms with Gasteiger partial charge in [-0.05, 0) is 31.5 Å². The number of nitrogens with one attached hydrogen (secondary N) is 1. The standard InChI is InChI=1S/C20H24ClFN4O3S/c1-3-29-19(28)18-13(2)23-20(30-18)24-17(27)12-26-8-6-25(7-9-26)11-14-4-5-15(22)10-16(14)21/h4-5,10H,3,6-9,11-12H2,1-2H3,(H,23,24,27). The van der Waals surface area contributed by atoms with Gasteiger partial charge in [-0.3, -0.25) is 14.6 Å². The van der Waals surface area contributed by atoms with Crippen molar-refractivity contribution in [1.29, 1.82) is 0 Å². The number of anilines is 1. The van der Waals surface area contributed by atoms with Crippen molar-refractivity contribution in [3.63, 3.8) is 0 Å². The normalized spacial score (nSPS) is 15.2. The number of hydrogen-bond donors (Lipinski definition) is 1. The Morgan fingerprint density at radius 2 is 1.97 bits per heavy atom. The Kier molecular flexibility index (Phi) is 7.76. The minimum atomic E-state index is -0.426. The molecule has 1 N–H and O–H groups in total. The second-order valence-corrected chi connectivity index (χ2v) is 8.40. The van der Waals surface area contributed by atoms with Gasteiger partial charge in [0.2, 0.25) is 5.91 Å². The average molecular weight is 455 g/mol. The molecule has 1 aliphatic rings. The summed E-state index contributed by atoms with van der Waals surface area (Å²) in [7, 11) is 0. The van der Waals surface area contributed by atoms with Crippen LogP contribution in [0.25, 0.3) is 0 Å². The Hall–Kier alpha value is -2.07. The summed E-state index contributed by atoms with van der Waals surface area (Å²) in [4.78, 5) is 33.2. The fraction of sp³-hybridized carbons (Fsp3) is 0.450. The Labute approximate surface area is 183 Å². The molecule has 1 aromatic heterocycles. The van der Waals surface area contributed by atoms with E-state index >= 15 is 0 Å². The van der Waals surface area contributed by atoms with Crippen LogP contribution in [-0.2, 0) is 16.1 Å². The topological polar surface area (TPSA) is 74.8 Å². The minimum absolute atomic E-state index is 0.172. The third-order valence-corrected chi connectivity index (χ3v) is 6.15. The van der Waals surface area contributed by atoms with E-state index in [1.165, 1.54) is 12.1 Å². The van der Waals surface area contributed by atoms with Crippen LogP contribution in [0.15, 0.2) is 18.2 Å². The van der Waals surface area contributed by atoms with Crippen molar-refractivity contribution in [1.82, 2.24) is 14.8 Å². The van der Waals surface area contributed by atoms with Crippen molar-refractivity contribution >= 4 is 39.9 Å². The quantitative estimate of drug-likeness (QED) is 0.648. The molecule has 1 aliphatic heterocycles. The lowest BCUT2D eigenvalue weighted by Gasteiger charge is -2.34. The van der Waals surface area contributed by atoms with Gasteiger partial charge in [0.05, 0.1) is 18.8 Å². The second-order valence-electron chi connectivity index (χ2n) is 6.99. The molecule has 1 amide bonds. The number of carbonyl (C=O) groups is 2. The zero-order chi connectivity index (χ0) is 21.7. The molecule has 10 heteroatoms. The number of piperazine rings is 1. The van der Waals surface area contributed by atoms with E-state index in [0.717, 1.165) is 43.1 Å². The molecule has 3 rings (SSSR count). The van der Waals surface area contributed by atoms with E-state index in [2.05, 4.69) is 20.1 Å². The molecule has 7 nitrogen and oxygen atoms in total. The fourth-order valence-electron chi connectivity index (χ4n) is 3.19. The number of thiazole rings is 1. The first-order valence-corrected chi connectivity index (χ1v) is 10.9. The maximum Gasteiger partial charge on any atom is 0.350 e. The number of nitrogens with zero attached hydrogens (tertiary/aromatic N) is 3. The van der Waals surface area contributed by atoms with Crippen LogP contribution < -0.4 is 5.32 Å². The summed E-state index contributed by atoms with van der Waals surface area (Å²) in [5, 5.41) is 3.59. The number of aryl methyl sites for hydroxylation is 1. The van der Waals surface area contributed by atoms with Crippen molar-refractivity contribution in [2.75, 3.05) is 44.6 Å². The van der Waals surface area contributed by atoms with Gasteiger partial charge in [0, 0.05) is 37.7 Å². The van der Waals surface area contributed by atoms with Crippen LogP contribution in [0.4, 0.5) is 9.52 Å². The van der Waals surface area contributed by atoms with Crippen molar-refractivity contribution < 1.29 is 18.7 Å². The molecule has 1 aromatic carbocycles. The first kappa shape index (κ1) is 22.6. The number of hydrogen-bond acceptors (Lipinski definition) is 7. The summed E-state index contributed by atoms with van der Waals surface area (Å²) >= 11 is 7.23. The molecule has 0 saturated carbocycles. The third kappa shape index (κ3) is 5.98. The van der Waals surface area contributed by atoms with Crippen molar-refractivity contribution in [2.45, 2.75) is 20.4 Å². The summed E-state index contributed by atoms with van der Waals surface area (Å²) in [6, 6.07) is 4.44. The fourth-order valence-corrected chi connectivity index (χ4v) is 4.30. The first-order chi connectivity index (χ1) is 14.4. The van der Waals surface area contributed by atoms with Gasteiger partial charge in [-0.25, -0.2) is 14.2 Å². The SMILES string of the molecule is CCOC(=O)c1sc(NC(=O)CN2CCN(Cc3ccc(F)cc3Cl)CC2)nc1C. The number of benzene rings is 1. The molecular weight excluding hydrogens is 431 g/mol. The van der Waals surface area contributed by atoms with Gasteiger partial charge in [-0.2, -0.15) is 0 Å². The molecule has 162 valence electrons. The molecule has 0 spiro atoms. The van der Waals surface area contributed by atoms with Crippen molar-refractivity contribution in [3.05, 3.63) is 45.2 Å². The highest BCUT2D eigenvalue weighted by Crippen LogP contribution is 2.23. The summed E-state index contributed by atoms with van der Waals surface area (Å²) in [6.07, 6.45) is 0. The van der Waals surface area contributed by atoms with Crippen LogP contribution in [0, 0.1) is 12.7 Å². The lowest BCUT2D eigenvalue weighted by molar-refractivity contribution is -0.117. The van der Waals surface area contributed by atoms with E-state index in [1.54, 1.807) is 19.9 Å². The maximum atomic E-state index is 13.2. The van der Waals surface area contributed by atoms with Crippen LogP contribution in [0.2, 0.25) is 5.02 Å². The Morgan fingerprint density at radius 1 is 1.27 bits per heavy atom. The molecule has 2 aromatic rings. The van der Waals surface area contributed by atoms with Crippen molar-refractivity contribution in [2.24, 2.45) is 0 Å². The van der Waals surface area contributed by atoms with E-state index < -0.39 is 5.97 Å². The van der Waals surface area contributed by atoms with E-state index in [9.17, 15) is 14.0 Å². The number of halogens is 2. The smallest absolute Gasteiger partial charge is 0.350 e. The molecule has 0 aliphatic carbocycles. The minimum Gasteiger partial charge on any atom is -0.462 e. The Bertz CT molecular complexity index is 915. The molecule has 0 bridgehead atoms. The number of ether oxygens (including phenoxy) is 1. The highest BCUT2D eigenvalue weighted by Gasteiger charge is 2.21. The van der Waals surface area contributed by atoms with E-state index in [4.69, 9.17) is 16.3 Å². The van der Waals surface area contributed by atoms with Crippen molar-refractivity contribution in [3.8, 4) is 0 Å². The molecule has 1 fully saturated rings. The average Bonchev–Trinajstić information content (AvgIpc) is 3.05. The number of carbonyl (C=O) groups excluding carboxylic acids is 2. The largest absolute Gasteiger partial charge is 0.462 e. The zero-order valence-corrected chi connectivity index (χ0v) is 18.5. The molecule has 1 saturated heterocycles. The van der Waals surface area contributed by atoms with Gasteiger partial charge >= 0.3 is 5.97 Å². The van der Waals surface area contributed by atoms with Crippen LogP contribution in [0.3, 0.4) is 0 Å². The second kappa shape index (κ2) is 10.3. The number of amides is 1. The highest BCUT2D eigenvalue weighted by molar-refractivity contribution is 7.17. The van der Waals surface area contributed by atoms with Crippen LogP contribution in [0.5, 0.6) is 0 Å². The van der Waals surface area contributed by atoms with E-state index in [-0.39, 0.29) is 24.9 Å². The van der Waals surface area contributed by atoms with Gasteiger partial charge in [0.1, 0.15) is 10.7 Å². The number of esters is 1. The Morgan fingerprint density at radius 3 is 2.63 bits per heavy atom. The number of rotatable bonds is 7. The maximum absolute atomic E-state index is 13.2. The molecular formula is C20H24ClFN4O3S. The molecule has 30 heavy (non-hydrogen) atoms. The summed E-state index contributed by atoms with van der Waals surface area (Å²) < 4.78 is 18.2.